The molecule has 0 fully saturated rings. The normalized spacial score (nSPS) is 11.4. The molecule has 0 aliphatic carbocycles. The number of rotatable bonds is 6. The lowest BCUT2D eigenvalue weighted by atomic mass is 10.2. The Labute approximate surface area is 163 Å². The number of nitrogens with one attached hydrogen (secondary N) is 1. The number of fused-ring (bicyclic) bond motifs is 1. The molecule has 0 radical (unpaired) electrons. The maximum atomic E-state index is 12.8. The summed E-state index contributed by atoms with van der Waals surface area (Å²) in [6.45, 7) is 1.85. The number of carbonyl (C=O) groups excluding carboxylic acids is 1. The number of benzene rings is 1. The second-order valence-corrected chi connectivity index (χ2v) is 6.22. The van der Waals surface area contributed by atoms with Gasteiger partial charge in [-0.2, -0.15) is 0 Å². The minimum absolute atomic E-state index is 0.00222. The van der Waals surface area contributed by atoms with Crippen molar-refractivity contribution in [2.24, 2.45) is 0 Å². The summed E-state index contributed by atoms with van der Waals surface area (Å²) in [7, 11) is 0. The van der Waals surface area contributed by atoms with Gasteiger partial charge in [-0.05, 0) is 30.2 Å². The molecule has 0 bridgehead atoms. The van der Waals surface area contributed by atoms with Gasteiger partial charge < -0.3 is 4.74 Å². The van der Waals surface area contributed by atoms with Gasteiger partial charge in [-0.25, -0.2) is 9.66 Å². The molecule has 0 aliphatic rings. The summed E-state index contributed by atoms with van der Waals surface area (Å²) in [5, 5.41) is 0.0565. The first-order valence-electron chi connectivity index (χ1n) is 8.77. The first kappa shape index (κ1) is 20.3. The van der Waals surface area contributed by atoms with Gasteiger partial charge in [0.05, 0.1) is 17.3 Å². The number of hydrogen-bond acceptors (Lipinski definition) is 5. The Kier molecular flexibility index (Phi) is 5.81. The number of aryl methyl sites for hydroxylation is 1. The van der Waals surface area contributed by atoms with Gasteiger partial charge in [0, 0.05) is 24.9 Å². The van der Waals surface area contributed by atoms with E-state index in [0.29, 0.717) is 18.4 Å². The topological polar surface area (TPSA) is 86.1 Å². The number of aromatic nitrogens is 3. The quantitative estimate of drug-likeness (QED) is 0.680. The average molecular weight is 406 g/mol. The van der Waals surface area contributed by atoms with Crippen molar-refractivity contribution in [2.45, 2.75) is 32.5 Å². The van der Waals surface area contributed by atoms with E-state index in [2.05, 4.69) is 20.1 Å². The predicted molar refractivity (Wildman–Crippen MR) is 99.0 cm³/mol. The van der Waals surface area contributed by atoms with Crippen LogP contribution in [0.25, 0.3) is 10.9 Å². The summed E-state index contributed by atoms with van der Waals surface area (Å²) in [4.78, 5) is 33.4. The number of alkyl halides is 3. The first-order valence-corrected chi connectivity index (χ1v) is 8.77. The van der Waals surface area contributed by atoms with E-state index >= 15 is 0 Å². The summed E-state index contributed by atoms with van der Waals surface area (Å²) in [6.07, 6.45) is -0.791. The van der Waals surface area contributed by atoms with E-state index in [0.717, 1.165) is 16.8 Å². The van der Waals surface area contributed by atoms with E-state index in [1.807, 2.05) is 6.92 Å². The van der Waals surface area contributed by atoms with E-state index in [4.69, 9.17) is 0 Å². The van der Waals surface area contributed by atoms with Crippen molar-refractivity contribution >= 4 is 16.8 Å². The molecule has 152 valence electrons. The summed E-state index contributed by atoms with van der Waals surface area (Å²) >= 11 is 0. The molecule has 0 unspecified atom stereocenters. The smallest absolute Gasteiger partial charge is 0.406 e. The Bertz CT molecular complexity index is 1080. The minimum atomic E-state index is -4.85. The molecule has 0 spiro atoms. The highest BCUT2D eigenvalue weighted by molar-refractivity contribution is 5.86. The molecule has 10 heteroatoms. The van der Waals surface area contributed by atoms with Gasteiger partial charge in [-0.15, -0.1) is 13.2 Å². The summed E-state index contributed by atoms with van der Waals surface area (Å²) in [6, 6.07) is 6.68. The van der Waals surface area contributed by atoms with E-state index in [1.165, 1.54) is 12.3 Å². The van der Waals surface area contributed by atoms with Crippen LogP contribution in [0.5, 0.6) is 5.75 Å². The fourth-order valence-corrected chi connectivity index (χ4v) is 2.77. The SMILES string of the molecule is CCCc1nc2cc(OC(F)(F)F)ccc2c(=O)n1NC(=O)Cc1cccnc1. The molecular weight excluding hydrogens is 389 g/mol. The molecule has 2 aromatic heterocycles. The van der Waals surface area contributed by atoms with Crippen LogP contribution in [0.1, 0.15) is 24.7 Å². The van der Waals surface area contributed by atoms with Crippen LogP contribution in [0.15, 0.2) is 47.5 Å². The molecule has 1 aromatic carbocycles. The third-order valence-corrected chi connectivity index (χ3v) is 3.94. The van der Waals surface area contributed by atoms with Crippen molar-refractivity contribution in [3.8, 4) is 5.75 Å². The van der Waals surface area contributed by atoms with Crippen molar-refractivity contribution in [1.29, 1.82) is 0 Å². The van der Waals surface area contributed by atoms with Crippen LogP contribution in [-0.4, -0.2) is 26.9 Å². The van der Waals surface area contributed by atoms with Crippen molar-refractivity contribution in [2.75, 3.05) is 5.43 Å². The molecule has 0 saturated heterocycles. The molecule has 7 nitrogen and oxygen atoms in total. The fourth-order valence-electron chi connectivity index (χ4n) is 2.77. The summed E-state index contributed by atoms with van der Waals surface area (Å²) in [5.74, 6) is -0.693. The van der Waals surface area contributed by atoms with Crippen LogP contribution in [0.4, 0.5) is 13.2 Å². The molecular formula is C19H17F3N4O3. The largest absolute Gasteiger partial charge is 0.573 e. The fraction of sp³-hybridized carbons (Fsp3) is 0.263. The Hall–Kier alpha value is -3.43. The number of ether oxygens (including phenoxy) is 1. The van der Waals surface area contributed by atoms with Crippen LogP contribution in [0.2, 0.25) is 0 Å². The zero-order chi connectivity index (χ0) is 21.0. The Balaban J connectivity index is 1.96. The zero-order valence-electron chi connectivity index (χ0n) is 15.4. The number of amides is 1. The Morgan fingerprint density at radius 2 is 2.07 bits per heavy atom. The molecule has 3 aromatic rings. The van der Waals surface area contributed by atoms with Crippen molar-refractivity contribution in [1.82, 2.24) is 14.6 Å². The molecule has 3 rings (SSSR count). The number of hydrogen-bond donors (Lipinski definition) is 1. The number of nitrogens with zero attached hydrogens (tertiary/aromatic N) is 3. The zero-order valence-corrected chi connectivity index (χ0v) is 15.4. The highest BCUT2D eigenvalue weighted by atomic mass is 19.4. The van der Waals surface area contributed by atoms with Gasteiger partial charge in [0.2, 0.25) is 5.91 Å². The molecule has 0 aliphatic heterocycles. The first-order chi connectivity index (χ1) is 13.8. The second-order valence-electron chi connectivity index (χ2n) is 6.22. The highest BCUT2D eigenvalue weighted by Gasteiger charge is 2.31. The number of pyridine rings is 1. The van der Waals surface area contributed by atoms with E-state index in [1.54, 1.807) is 18.3 Å². The third kappa shape index (κ3) is 5.09. The van der Waals surface area contributed by atoms with Gasteiger partial charge in [0.25, 0.3) is 5.56 Å². The lowest BCUT2D eigenvalue weighted by Crippen LogP contribution is -2.37. The molecule has 0 saturated carbocycles. The molecule has 0 atom stereocenters. The number of halogens is 3. The van der Waals surface area contributed by atoms with Crippen LogP contribution < -0.4 is 15.7 Å². The van der Waals surface area contributed by atoms with Crippen molar-refractivity contribution in [3.63, 3.8) is 0 Å². The van der Waals surface area contributed by atoms with Crippen LogP contribution in [-0.2, 0) is 17.6 Å². The van der Waals surface area contributed by atoms with Crippen LogP contribution in [0, 0.1) is 0 Å². The lowest BCUT2D eigenvalue weighted by Gasteiger charge is -2.15. The predicted octanol–water partition coefficient (Wildman–Crippen LogP) is 2.96. The van der Waals surface area contributed by atoms with E-state index in [9.17, 15) is 22.8 Å². The average Bonchev–Trinajstić information content (AvgIpc) is 2.64. The van der Waals surface area contributed by atoms with Crippen LogP contribution in [0.3, 0.4) is 0 Å². The van der Waals surface area contributed by atoms with Crippen molar-refractivity contribution in [3.05, 3.63) is 64.5 Å². The van der Waals surface area contributed by atoms with E-state index < -0.39 is 23.6 Å². The molecule has 1 N–H and O–H groups in total. The molecule has 2 heterocycles. The minimum Gasteiger partial charge on any atom is -0.406 e. The monoisotopic (exact) mass is 406 g/mol. The highest BCUT2D eigenvalue weighted by Crippen LogP contribution is 2.25. The summed E-state index contributed by atoms with van der Waals surface area (Å²) < 4.78 is 42.3. The second kappa shape index (κ2) is 8.29. The van der Waals surface area contributed by atoms with E-state index in [-0.39, 0.29) is 23.1 Å². The maximum absolute atomic E-state index is 12.8. The molecule has 1 amide bonds. The Morgan fingerprint density at radius 1 is 1.28 bits per heavy atom. The standard InChI is InChI=1S/C19H17F3N4O3/c1-2-4-16-24-15-10-13(29-19(20,21)22)6-7-14(15)18(28)26(16)25-17(27)9-12-5-3-8-23-11-12/h3,5-8,10-11H,2,4,9H2,1H3,(H,25,27). The van der Waals surface area contributed by atoms with Gasteiger partial charge in [0.15, 0.2) is 0 Å². The maximum Gasteiger partial charge on any atom is 0.573 e. The van der Waals surface area contributed by atoms with Gasteiger partial charge >= 0.3 is 6.36 Å². The van der Waals surface area contributed by atoms with Crippen LogP contribution >= 0.6 is 0 Å². The van der Waals surface area contributed by atoms with Crippen molar-refractivity contribution < 1.29 is 22.7 Å². The van der Waals surface area contributed by atoms with Gasteiger partial charge in [-0.3, -0.25) is 20.0 Å². The third-order valence-electron chi connectivity index (χ3n) is 3.94. The molecule has 29 heavy (non-hydrogen) atoms. The van der Waals surface area contributed by atoms with Gasteiger partial charge in [-0.1, -0.05) is 13.0 Å². The Morgan fingerprint density at radius 3 is 2.72 bits per heavy atom. The summed E-state index contributed by atoms with van der Waals surface area (Å²) in [5.41, 5.74) is 2.65. The van der Waals surface area contributed by atoms with Gasteiger partial charge in [0.1, 0.15) is 11.6 Å². The number of carbonyl (C=O) groups is 1. The lowest BCUT2D eigenvalue weighted by molar-refractivity contribution is -0.274.